The van der Waals surface area contributed by atoms with Crippen LogP contribution >= 0.6 is 12.6 Å². The van der Waals surface area contributed by atoms with E-state index in [2.05, 4.69) is 36.4 Å². The van der Waals surface area contributed by atoms with Crippen LogP contribution in [0.15, 0.2) is 0 Å². The van der Waals surface area contributed by atoms with Gasteiger partial charge in [0, 0.05) is 26.8 Å². The molecule has 1 unspecified atom stereocenters. The average Bonchev–Trinajstić information content (AvgIpc) is 2.23. The Hall–Kier alpha value is -0.493. The monoisotopic (exact) mass is 288 g/mol. The van der Waals surface area contributed by atoms with Crippen LogP contribution in [-0.2, 0) is 9.59 Å². The van der Waals surface area contributed by atoms with Gasteiger partial charge in [0.1, 0.15) is 6.04 Å². The summed E-state index contributed by atoms with van der Waals surface area (Å²) >= 11 is 4.11. The molecular weight excluding hydrogens is 264 g/mol. The molecule has 2 N–H and O–H groups in total. The minimum atomic E-state index is -1.12. The Morgan fingerprint density at radius 3 is 2.61 bits per heavy atom. The zero-order valence-electron chi connectivity index (χ0n) is 11.5. The maximum Gasteiger partial charge on any atom is 0.243 e. The highest BCUT2D eigenvalue weighted by atomic mass is 32.1. The van der Waals surface area contributed by atoms with Crippen LogP contribution in [0.2, 0.25) is 25.2 Å². The van der Waals surface area contributed by atoms with E-state index in [1.165, 1.54) is 19.4 Å². The Balaban J connectivity index is 2.50. The molecule has 1 saturated heterocycles. The molecule has 0 aromatic carbocycles. The summed E-state index contributed by atoms with van der Waals surface area (Å²) in [5, 5.41) is 5.69. The number of nitrogens with one attached hydrogen (secondary N) is 2. The lowest BCUT2D eigenvalue weighted by Gasteiger charge is -2.34. The van der Waals surface area contributed by atoms with Gasteiger partial charge in [0.2, 0.25) is 11.8 Å². The van der Waals surface area contributed by atoms with E-state index in [1.807, 2.05) is 0 Å². The fourth-order valence-electron chi connectivity index (χ4n) is 2.56. The quantitative estimate of drug-likeness (QED) is 0.541. The average molecular weight is 288 g/mol. The molecule has 1 aliphatic heterocycles. The zero-order chi connectivity index (χ0) is 13.8. The highest BCUT2D eigenvalue weighted by Gasteiger charge is 2.31. The summed E-state index contributed by atoms with van der Waals surface area (Å²) in [6, 6.07) is 2.25. The first-order chi connectivity index (χ1) is 8.34. The van der Waals surface area contributed by atoms with Crippen molar-refractivity contribution in [1.82, 2.24) is 10.6 Å². The SMILES string of the molecule is CC(=O)N[C@@H](CS)C(=O)NC1CCC[Si](C)(C)C1. The molecule has 6 heteroatoms. The molecule has 0 radical (unpaired) electrons. The second-order valence-corrected chi connectivity index (χ2v) is 11.5. The van der Waals surface area contributed by atoms with Crippen molar-refractivity contribution in [2.75, 3.05) is 5.75 Å². The van der Waals surface area contributed by atoms with Gasteiger partial charge in [-0.1, -0.05) is 25.6 Å². The summed E-state index contributed by atoms with van der Waals surface area (Å²) in [7, 11) is -1.12. The minimum absolute atomic E-state index is 0.100. The third-order valence-corrected chi connectivity index (χ3v) is 7.10. The maximum absolute atomic E-state index is 12.0. The van der Waals surface area contributed by atoms with Gasteiger partial charge in [-0.05, 0) is 12.5 Å². The molecular formula is C12H24N2O2SSi. The van der Waals surface area contributed by atoms with E-state index in [0.29, 0.717) is 5.75 Å². The molecule has 0 bridgehead atoms. The highest BCUT2D eigenvalue weighted by molar-refractivity contribution is 7.80. The van der Waals surface area contributed by atoms with Crippen LogP contribution < -0.4 is 10.6 Å². The molecule has 2 amide bonds. The largest absolute Gasteiger partial charge is 0.352 e. The van der Waals surface area contributed by atoms with E-state index >= 15 is 0 Å². The summed E-state index contributed by atoms with van der Waals surface area (Å²) in [6.45, 7) is 6.16. The van der Waals surface area contributed by atoms with Crippen molar-refractivity contribution in [1.29, 1.82) is 0 Å². The Labute approximate surface area is 116 Å². The van der Waals surface area contributed by atoms with Gasteiger partial charge in [0.15, 0.2) is 0 Å². The molecule has 2 atom stereocenters. The van der Waals surface area contributed by atoms with Crippen molar-refractivity contribution < 1.29 is 9.59 Å². The third kappa shape index (κ3) is 5.02. The molecule has 4 nitrogen and oxygen atoms in total. The number of amides is 2. The van der Waals surface area contributed by atoms with Crippen LogP contribution in [0.3, 0.4) is 0 Å². The normalized spacial score (nSPS) is 24.1. The minimum Gasteiger partial charge on any atom is -0.352 e. The zero-order valence-corrected chi connectivity index (χ0v) is 13.3. The Kier molecular flexibility index (Phi) is 5.71. The van der Waals surface area contributed by atoms with E-state index in [-0.39, 0.29) is 17.9 Å². The fraction of sp³-hybridized carbons (Fsp3) is 0.833. The Morgan fingerprint density at radius 1 is 1.44 bits per heavy atom. The summed E-state index contributed by atoms with van der Waals surface area (Å²) in [5.41, 5.74) is 0. The van der Waals surface area contributed by atoms with Crippen LogP contribution in [0.5, 0.6) is 0 Å². The Morgan fingerprint density at radius 2 is 2.11 bits per heavy atom. The summed E-state index contributed by atoms with van der Waals surface area (Å²) in [4.78, 5) is 23.0. The number of hydrogen-bond donors (Lipinski definition) is 3. The molecule has 1 aliphatic rings. The van der Waals surface area contributed by atoms with Crippen molar-refractivity contribution in [3.63, 3.8) is 0 Å². The van der Waals surface area contributed by atoms with E-state index in [9.17, 15) is 9.59 Å². The smallest absolute Gasteiger partial charge is 0.243 e. The molecule has 0 aromatic rings. The van der Waals surface area contributed by atoms with E-state index in [1.54, 1.807) is 0 Å². The molecule has 1 rings (SSSR count). The molecule has 0 saturated carbocycles. The van der Waals surface area contributed by atoms with Crippen molar-refractivity contribution >= 4 is 32.5 Å². The lowest BCUT2D eigenvalue weighted by molar-refractivity contribution is -0.127. The molecule has 0 aliphatic carbocycles. The first-order valence-corrected chi connectivity index (χ1v) is 10.6. The van der Waals surface area contributed by atoms with E-state index < -0.39 is 14.1 Å². The molecule has 18 heavy (non-hydrogen) atoms. The Bertz CT molecular complexity index is 323. The van der Waals surface area contributed by atoms with Crippen LogP contribution in [0.25, 0.3) is 0 Å². The van der Waals surface area contributed by atoms with Gasteiger partial charge in [0.25, 0.3) is 0 Å². The van der Waals surface area contributed by atoms with Gasteiger partial charge in [-0.2, -0.15) is 12.6 Å². The first kappa shape index (κ1) is 15.6. The topological polar surface area (TPSA) is 58.2 Å². The van der Waals surface area contributed by atoms with Crippen LogP contribution in [0.1, 0.15) is 19.8 Å². The molecule has 0 spiro atoms. The second kappa shape index (κ2) is 6.61. The molecule has 104 valence electrons. The number of hydrogen-bond acceptors (Lipinski definition) is 3. The van der Waals surface area contributed by atoms with Crippen molar-refractivity contribution in [2.24, 2.45) is 0 Å². The maximum atomic E-state index is 12.0. The second-order valence-electron chi connectivity index (χ2n) is 5.90. The standard InChI is InChI=1S/C12H24N2O2SSi/c1-9(15)13-11(7-17)12(16)14-10-5-4-6-18(2,3)8-10/h10-11,17H,4-8H2,1-3H3,(H,13,15)(H,14,16)/t10?,11-/m0/s1. The van der Waals surface area contributed by atoms with Crippen molar-refractivity contribution in [2.45, 2.75) is 57.0 Å². The molecule has 1 fully saturated rings. The highest BCUT2D eigenvalue weighted by Crippen LogP contribution is 2.28. The van der Waals surface area contributed by atoms with Gasteiger partial charge in [-0.15, -0.1) is 0 Å². The number of thiol groups is 1. The van der Waals surface area contributed by atoms with Crippen LogP contribution in [0.4, 0.5) is 0 Å². The summed E-state index contributed by atoms with van der Waals surface area (Å²) in [5.74, 6) is 0.0401. The van der Waals surface area contributed by atoms with Gasteiger partial charge in [0.05, 0.1) is 0 Å². The van der Waals surface area contributed by atoms with E-state index in [4.69, 9.17) is 0 Å². The lowest BCUT2D eigenvalue weighted by atomic mass is 10.1. The van der Waals surface area contributed by atoms with Gasteiger partial charge in [-0.25, -0.2) is 0 Å². The van der Waals surface area contributed by atoms with Gasteiger partial charge >= 0.3 is 0 Å². The predicted molar refractivity (Wildman–Crippen MR) is 79.7 cm³/mol. The third-order valence-electron chi connectivity index (χ3n) is 3.43. The molecule has 1 heterocycles. The van der Waals surface area contributed by atoms with Crippen molar-refractivity contribution in [3.8, 4) is 0 Å². The predicted octanol–water partition coefficient (Wildman–Crippen LogP) is 1.41. The van der Waals surface area contributed by atoms with E-state index in [0.717, 1.165) is 12.5 Å². The van der Waals surface area contributed by atoms with Crippen LogP contribution in [0, 0.1) is 0 Å². The molecule has 0 aromatic heterocycles. The van der Waals surface area contributed by atoms with Crippen molar-refractivity contribution in [3.05, 3.63) is 0 Å². The van der Waals surface area contributed by atoms with Gasteiger partial charge < -0.3 is 10.6 Å². The van der Waals surface area contributed by atoms with Gasteiger partial charge in [-0.3, -0.25) is 9.59 Å². The lowest BCUT2D eigenvalue weighted by Crippen LogP contribution is -2.52. The van der Waals surface area contributed by atoms with Crippen LogP contribution in [-0.4, -0.2) is 37.7 Å². The number of carbonyl (C=O) groups is 2. The fourth-order valence-corrected chi connectivity index (χ4v) is 5.83. The number of carbonyl (C=O) groups excluding carboxylic acids is 2. The summed E-state index contributed by atoms with van der Waals surface area (Å²) < 4.78 is 0. The summed E-state index contributed by atoms with van der Waals surface area (Å²) in [6.07, 6.45) is 2.26. The first-order valence-electron chi connectivity index (χ1n) is 6.52. The number of rotatable bonds is 4.